The Labute approximate surface area is 90.7 Å². The van der Waals surface area contributed by atoms with Crippen LogP contribution in [0.5, 0.6) is 0 Å². The Morgan fingerprint density at radius 1 is 1.40 bits per heavy atom. The van der Waals surface area contributed by atoms with E-state index in [1.165, 1.54) is 0 Å². The van der Waals surface area contributed by atoms with Crippen molar-refractivity contribution in [2.45, 2.75) is 19.9 Å². The van der Waals surface area contributed by atoms with E-state index in [0.29, 0.717) is 6.61 Å². The quantitative estimate of drug-likeness (QED) is 0.708. The Hall–Kier alpha value is -1.51. The third-order valence-electron chi connectivity index (χ3n) is 2.37. The maximum atomic E-state index is 11.5. The Morgan fingerprint density at radius 3 is 2.53 bits per heavy atom. The molecule has 0 spiro atoms. The van der Waals surface area contributed by atoms with Crippen LogP contribution < -0.4 is 4.90 Å². The van der Waals surface area contributed by atoms with E-state index in [0.717, 1.165) is 5.69 Å². The molecule has 0 amide bonds. The van der Waals surface area contributed by atoms with E-state index < -0.39 is 0 Å². The average Bonchev–Trinajstić information content (AvgIpc) is 2.28. The summed E-state index contributed by atoms with van der Waals surface area (Å²) < 4.78 is 4.97. The van der Waals surface area contributed by atoms with Gasteiger partial charge in [-0.05, 0) is 26.0 Å². The summed E-state index contributed by atoms with van der Waals surface area (Å²) in [6.45, 7) is 4.07. The first-order valence-electron chi connectivity index (χ1n) is 5.11. The van der Waals surface area contributed by atoms with Gasteiger partial charge in [0.15, 0.2) is 0 Å². The number of carbonyl (C=O) groups excluding carboxylic acids is 1. The van der Waals surface area contributed by atoms with Gasteiger partial charge in [-0.25, -0.2) is 4.79 Å². The van der Waals surface area contributed by atoms with Crippen LogP contribution in [0.3, 0.4) is 0 Å². The van der Waals surface area contributed by atoms with Gasteiger partial charge in [0.2, 0.25) is 0 Å². The van der Waals surface area contributed by atoms with Crippen LogP contribution in [-0.4, -0.2) is 25.7 Å². The lowest BCUT2D eigenvalue weighted by atomic mass is 10.2. The van der Waals surface area contributed by atoms with Crippen molar-refractivity contribution in [1.82, 2.24) is 0 Å². The number of anilines is 1. The molecule has 1 aromatic carbocycles. The van der Waals surface area contributed by atoms with Crippen LogP contribution in [0.2, 0.25) is 0 Å². The van der Waals surface area contributed by atoms with Gasteiger partial charge in [0.25, 0.3) is 0 Å². The summed E-state index contributed by atoms with van der Waals surface area (Å²) >= 11 is 0. The van der Waals surface area contributed by atoms with Gasteiger partial charge in [0.05, 0.1) is 6.61 Å². The minimum Gasteiger partial charge on any atom is -0.464 e. The lowest BCUT2D eigenvalue weighted by Crippen LogP contribution is -2.37. The molecule has 3 heteroatoms. The Balaban J connectivity index is 2.68. The number of ether oxygens (including phenoxy) is 1. The van der Waals surface area contributed by atoms with Gasteiger partial charge in [-0.15, -0.1) is 0 Å². The molecular formula is C12H17NO2. The molecule has 0 fully saturated rings. The van der Waals surface area contributed by atoms with Crippen molar-refractivity contribution in [3.05, 3.63) is 30.3 Å². The fourth-order valence-corrected chi connectivity index (χ4v) is 1.31. The van der Waals surface area contributed by atoms with Gasteiger partial charge in [0, 0.05) is 12.7 Å². The van der Waals surface area contributed by atoms with E-state index in [-0.39, 0.29) is 12.0 Å². The van der Waals surface area contributed by atoms with Gasteiger partial charge in [-0.1, -0.05) is 18.2 Å². The highest BCUT2D eigenvalue weighted by molar-refractivity contribution is 5.79. The van der Waals surface area contributed by atoms with E-state index in [1.54, 1.807) is 0 Å². The van der Waals surface area contributed by atoms with Gasteiger partial charge in [0.1, 0.15) is 6.04 Å². The SMILES string of the molecule is CCOC(=O)C(C)N(C)c1ccccc1. The molecule has 15 heavy (non-hydrogen) atoms. The number of rotatable bonds is 4. The van der Waals surface area contributed by atoms with Crippen molar-refractivity contribution in [2.75, 3.05) is 18.6 Å². The monoisotopic (exact) mass is 207 g/mol. The molecule has 0 saturated carbocycles. The third kappa shape index (κ3) is 2.98. The molecule has 1 rings (SSSR count). The Bertz CT molecular complexity index is 311. The summed E-state index contributed by atoms with van der Waals surface area (Å²) in [7, 11) is 1.89. The summed E-state index contributed by atoms with van der Waals surface area (Å²) in [6, 6.07) is 9.53. The van der Waals surface area contributed by atoms with Crippen molar-refractivity contribution < 1.29 is 9.53 Å². The van der Waals surface area contributed by atoms with Crippen LogP contribution >= 0.6 is 0 Å². The molecule has 0 aliphatic carbocycles. The van der Waals surface area contributed by atoms with Gasteiger partial charge >= 0.3 is 5.97 Å². The molecule has 0 heterocycles. The molecule has 3 nitrogen and oxygen atoms in total. The molecule has 0 aliphatic rings. The standard InChI is InChI=1S/C12H17NO2/c1-4-15-12(14)10(2)13(3)11-8-6-5-7-9-11/h5-10H,4H2,1-3H3. The van der Waals surface area contributed by atoms with Crippen molar-refractivity contribution in [3.63, 3.8) is 0 Å². The summed E-state index contributed by atoms with van der Waals surface area (Å²) in [5.74, 6) is -0.191. The van der Waals surface area contributed by atoms with Gasteiger partial charge in [-0.3, -0.25) is 0 Å². The predicted octanol–water partition coefficient (Wildman–Crippen LogP) is 2.07. The number of nitrogens with zero attached hydrogens (tertiary/aromatic N) is 1. The molecule has 0 N–H and O–H groups in total. The smallest absolute Gasteiger partial charge is 0.328 e. The maximum absolute atomic E-state index is 11.5. The number of para-hydroxylation sites is 1. The largest absolute Gasteiger partial charge is 0.464 e. The van der Waals surface area contributed by atoms with Crippen LogP contribution in [0, 0.1) is 0 Å². The van der Waals surface area contributed by atoms with Crippen molar-refractivity contribution in [3.8, 4) is 0 Å². The van der Waals surface area contributed by atoms with Gasteiger partial charge in [-0.2, -0.15) is 0 Å². The second-order valence-electron chi connectivity index (χ2n) is 3.37. The number of carbonyl (C=O) groups is 1. The normalized spacial score (nSPS) is 11.9. The van der Waals surface area contributed by atoms with E-state index >= 15 is 0 Å². The third-order valence-corrected chi connectivity index (χ3v) is 2.37. The van der Waals surface area contributed by atoms with Crippen LogP contribution in [0.25, 0.3) is 0 Å². The minimum atomic E-state index is -0.257. The zero-order valence-electron chi connectivity index (χ0n) is 9.43. The number of likely N-dealkylation sites (N-methyl/N-ethyl adjacent to an activating group) is 1. The Morgan fingerprint density at radius 2 is 2.00 bits per heavy atom. The molecule has 0 aromatic heterocycles. The molecule has 1 aromatic rings. The van der Waals surface area contributed by atoms with E-state index in [4.69, 9.17) is 4.74 Å². The maximum Gasteiger partial charge on any atom is 0.328 e. The first kappa shape index (κ1) is 11.6. The molecule has 1 unspecified atom stereocenters. The highest BCUT2D eigenvalue weighted by Crippen LogP contribution is 2.14. The first-order chi connectivity index (χ1) is 7.16. The zero-order valence-corrected chi connectivity index (χ0v) is 9.43. The minimum absolute atomic E-state index is 0.191. The average molecular weight is 207 g/mol. The fourth-order valence-electron chi connectivity index (χ4n) is 1.31. The molecule has 0 radical (unpaired) electrons. The first-order valence-corrected chi connectivity index (χ1v) is 5.11. The van der Waals surface area contributed by atoms with Crippen molar-refractivity contribution in [1.29, 1.82) is 0 Å². The van der Waals surface area contributed by atoms with Crippen LogP contribution in [0.4, 0.5) is 5.69 Å². The fraction of sp³-hybridized carbons (Fsp3) is 0.417. The molecule has 0 bridgehead atoms. The van der Waals surface area contributed by atoms with Gasteiger partial charge < -0.3 is 9.64 Å². The molecule has 0 aliphatic heterocycles. The predicted molar refractivity (Wildman–Crippen MR) is 60.9 cm³/mol. The summed E-state index contributed by atoms with van der Waals surface area (Å²) in [5.41, 5.74) is 1.01. The van der Waals surface area contributed by atoms with Crippen molar-refractivity contribution >= 4 is 11.7 Å². The second-order valence-corrected chi connectivity index (χ2v) is 3.37. The highest BCUT2D eigenvalue weighted by atomic mass is 16.5. The summed E-state index contributed by atoms with van der Waals surface area (Å²) in [5, 5.41) is 0. The molecule has 1 atom stereocenters. The number of benzene rings is 1. The lowest BCUT2D eigenvalue weighted by Gasteiger charge is -2.25. The molecule has 82 valence electrons. The molecular weight excluding hydrogens is 190 g/mol. The lowest BCUT2D eigenvalue weighted by molar-refractivity contribution is -0.144. The summed E-state index contributed by atoms with van der Waals surface area (Å²) in [6.07, 6.45) is 0. The van der Waals surface area contributed by atoms with Crippen molar-refractivity contribution in [2.24, 2.45) is 0 Å². The number of hydrogen-bond acceptors (Lipinski definition) is 3. The van der Waals surface area contributed by atoms with E-state index in [1.807, 2.05) is 56.1 Å². The molecule has 0 saturated heterocycles. The second kappa shape index (κ2) is 5.39. The van der Waals surface area contributed by atoms with Crippen LogP contribution in [0.15, 0.2) is 30.3 Å². The highest BCUT2D eigenvalue weighted by Gasteiger charge is 2.18. The number of esters is 1. The van der Waals surface area contributed by atoms with E-state index in [9.17, 15) is 4.79 Å². The Kier molecular flexibility index (Phi) is 4.16. The van der Waals surface area contributed by atoms with E-state index in [2.05, 4.69) is 0 Å². The van der Waals surface area contributed by atoms with Crippen LogP contribution in [0.1, 0.15) is 13.8 Å². The summed E-state index contributed by atoms with van der Waals surface area (Å²) in [4.78, 5) is 13.4. The topological polar surface area (TPSA) is 29.5 Å². The number of hydrogen-bond donors (Lipinski definition) is 0. The van der Waals surface area contributed by atoms with Crippen LogP contribution in [-0.2, 0) is 9.53 Å². The zero-order chi connectivity index (χ0) is 11.3.